The summed E-state index contributed by atoms with van der Waals surface area (Å²) >= 11 is 6.17. The van der Waals surface area contributed by atoms with E-state index in [9.17, 15) is 0 Å². The maximum atomic E-state index is 6.24. The van der Waals surface area contributed by atoms with Gasteiger partial charge < -0.3 is 5.73 Å². The molecule has 6 heteroatoms. The Labute approximate surface area is 138 Å². The zero-order chi connectivity index (χ0) is 12.5. The average molecular weight is 339 g/mol. The van der Waals surface area contributed by atoms with Gasteiger partial charge in [0.25, 0.3) is 0 Å². The summed E-state index contributed by atoms with van der Waals surface area (Å²) in [5.41, 5.74) is 7.42. The molecule has 1 aromatic rings. The molecule has 1 saturated heterocycles. The van der Waals surface area contributed by atoms with Gasteiger partial charge in [0, 0.05) is 38.1 Å². The smallest absolute Gasteiger partial charge is 0.0634 e. The minimum absolute atomic E-state index is 0. The normalized spacial score (nSPS) is 29.2. The monoisotopic (exact) mass is 337 g/mol. The lowest BCUT2D eigenvalue weighted by atomic mass is 9.78. The molecule has 1 aromatic heterocycles. The van der Waals surface area contributed by atoms with Crippen molar-refractivity contribution in [1.82, 2.24) is 9.88 Å². The molecule has 2 heterocycles. The molecule has 3 unspecified atom stereocenters. The van der Waals surface area contributed by atoms with Gasteiger partial charge in [0.05, 0.1) is 5.02 Å². The molecule has 114 valence electrons. The van der Waals surface area contributed by atoms with Crippen molar-refractivity contribution in [2.24, 2.45) is 17.6 Å². The minimum Gasteiger partial charge on any atom is -0.327 e. The van der Waals surface area contributed by atoms with Gasteiger partial charge in [0.2, 0.25) is 0 Å². The van der Waals surface area contributed by atoms with E-state index in [1.54, 1.807) is 6.20 Å². The number of halogens is 3. The summed E-state index contributed by atoms with van der Waals surface area (Å²) in [7, 11) is 0. The summed E-state index contributed by atoms with van der Waals surface area (Å²) in [4.78, 5) is 6.54. The van der Waals surface area contributed by atoms with Gasteiger partial charge in [-0.2, -0.15) is 0 Å². The van der Waals surface area contributed by atoms with E-state index in [1.165, 1.54) is 31.4 Å². The Morgan fingerprint density at radius 2 is 2.10 bits per heavy atom. The first kappa shape index (κ1) is 18.0. The zero-order valence-corrected chi connectivity index (χ0v) is 13.8. The summed E-state index contributed by atoms with van der Waals surface area (Å²) in [6.07, 6.45) is 7.39. The number of rotatable bonds is 2. The van der Waals surface area contributed by atoms with E-state index in [4.69, 9.17) is 17.3 Å². The van der Waals surface area contributed by atoms with Gasteiger partial charge in [0.15, 0.2) is 0 Å². The first-order valence-corrected chi connectivity index (χ1v) is 7.18. The number of nitrogens with two attached hydrogens (primary N) is 1. The largest absolute Gasteiger partial charge is 0.327 e. The van der Waals surface area contributed by atoms with Crippen LogP contribution in [-0.4, -0.2) is 29.0 Å². The Balaban J connectivity index is 0.000001000. The van der Waals surface area contributed by atoms with Crippen LogP contribution in [0, 0.1) is 11.8 Å². The van der Waals surface area contributed by atoms with E-state index in [0.29, 0.717) is 12.0 Å². The van der Waals surface area contributed by atoms with Crippen molar-refractivity contribution in [2.75, 3.05) is 13.1 Å². The highest BCUT2D eigenvalue weighted by Gasteiger charge is 2.38. The van der Waals surface area contributed by atoms with Crippen molar-refractivity contribution in [3.8, 4) is 0 Å². The highest BCUT2D eigenvalue weighted by molar-refractivity contribution is 6.31. The van der Waals surface area contributed by atoms with Crippen molar-refractivity contribution in [2.45, 2.75) is 31.8 Å². The maximum absolute atomic E-state index is 6.24. The number of likely N-dealkylation sites (tertiary alicyclic amines) is 1. The Kier molecular flexibility index (Phi) is 7.02. The molecule has 3 nitrogen and oxygen atoms in total. The Hall–Kier alpha value is -0.0600. The van der Waals surface area contributed by atoms with Crippen LogP contribution in [0.4, 0.5) is 0 Å². The molecule has 2 fully saturated rings. The van der Waals surface area contributed by atoms with Crippen LogP contribution in [0.5, 0.6) is 0 Å². The molecule has 0 aromatic carbocycles. The zero-order valence-electron chi connectivity index (χ0n) is 11.4. The van der Waals surface area contributed by atoms with Crippen LogP contribution in [0.25, 0.3) is 0 Å². The van der Waals surface area contributed by atoms with E-state index in [2.05, 4.69) is 9.88 Å². The summed E-state index contributed by atoms with van der Waals surface area (Å²) in [6.45, 7) is 3.24. The van der Waals surface area contributed by atoms with E-state index in [-0.39, 0.29) is 24.8 Å². The number of nitrogens with zero attached hydrogens (tertiary/aromatic N) is 2. The highest BCUT2D eigenvalue weighted by Crippen LogP contribution is 2.36. The fraction of sp³-hybridized carbons (Fsp3) is 0.643. The van der Waals surface area contributed by atoms with E-state index in [0.717, 1.165) is 24.0 Å². The highest BCUT2D eigenvalue weighted by atomic mass is 35.5. The van der Waals surface area contributed by atoms with E-state index >= 15 is 0 Å². The molecule has 0 spiro atoms. The topological polar surface area (TPSA) is 42.1 Å². The van der Waals surface area contributed by atoms with Crippen molar-refractivity contribution in [1.29, 1.82) is 0 Å². The molecule has 1 aliphatic heterocycles. The molecule has 3 atom stereocenters. The van der Waals surface area contributed by atoms with Crippen LogP contribution in [0.3, 0.4) is 0 Å². The predicted octanol–water partition coefficient (Wildman–Crippen LogP) is 3.14. The molecule has 1 aliphatic carbocycles. The van der Waals surface area contributed by atoms with E-state index < -0.39 is 0 Å². The van der Waals surface area contributed by atoms with Crippen molar-refractivity contribution < 1.29 is 0 Å². The van der Waals surface area contributed by atoms with Crippen molar-refractivity contribution in [3.63, 3.8) is 0 Å². The second-order valence-corrected chi connectivity index (χ2v) is 6.09. The van der Waals surface area contributed by atoms with Crippen LogP contribution in [0.15, 0.2) is 18.5 Å². The van der Waals surface area contributed by atoms with Gasteiger partial charge in [-0.25, -0.2) is 0 Å². The standard InChI is InChI=1S/C14H20ClN3.2ClH/c15-13-6-17-5-4-11(13)8-18-7-10-2-1-3-14(16)12(10)9-18;;/h4-6,10,12,14H,1-3,7-9,16H2;2*1H. The Morgan fingerprint density at radius 1 is 1.30 bits per heavy atom. The third-order valence-electron chi connectivity index (χ3n) is 4.48. The number of aromatic nitrogens is 1. The first-order valence-electron chi connectivity index (χ1n) is 6.80. The van der Waals surface area contributed by atoms with Gasteiger partial charge >= 0.3 is 0 Å². The number of hydrogen-bond acceptors (Lipinski definition) is 3. The van der Waals surface area contributed by atoms with Crippen LogP contribution < -0.4 is 5.73 Å². The number of hydrogen-bond donors (Lipinski definition) is 1. The fourth-order valence-electron chi connectivity index (χ4n) is 3.51. The molecule has 0 bridgehead atoms. The van der Waals surface area contributed by atoms with Crippen molar-refractivity contribution >= 4 is 36.4 Å². The van der Waals surface area contributed by atoms with Crippen LogP contribution >= 0.6 is 36.4 Å². The quantitative estimate of drug-likeness (QED) is 0.901. The summed E-state index contributed by atoms with van der Waals surface area (Å²) in [5.74, 6) is 1.49. The fourth-order valence-corrected chi connectivity index (χ4v) is 3.69. The number of pyridine rings is 1. The van der Waals surface area contributed by atoms with Crippen LogP contribution in [-0.2, 0) is 6.54 Å². The van der Waals surface area contributed by atoms with Gasteiger partial charge in [-0.15, -0.1) is 24.8 Å². The van der Waals surface area contributed by atoms with Crippen LogP contribution in [0.2, 0.25) is 5.02 Å². The SMILES string of the molecule is Cl.Cl.NC1CCCC2CN(Cc3ccncc3Cl)CC12. The molecular weight excluding hydrogens is 317 g/mol. The maximum Gasteiger partial charge on any atom is 0.0634 e. The summed E-state index contributed by atoms with van der Waals surface area (Å²) < 4.78 is 0. The molecule has 1 saturated carbocycles. The molecule has 2 N–H and O–H groups in total. The lowest BCUT2D eigenvalue weighted by Crippen LogP contribution is -2.38. The van der Waals surface area contributed by atoms with E-state index in [1.807, 2.05) is 12.3 Å². The third kappa shape index (κ3) is 3.77. The van der Waals surface area contributed by atoms with Gasteiger partial charge in [0.1, 0.15) is 0 Å². The Morgan fingerprint density at radius 3 is 2.80 bits per heavy atom. The molecule has 20 heavy (non-hydrogen) atoms. The molecule has 0 radical (unpaired) electrons. The van der Waals surface area contributed by atoms with Gasteiger partial charge in [-0.05, 0) is 36.3 Å². The summed E-state index contributed by atoms with van der Waals surface area (Å²) in [5, 5.41) is 0.775. The van der Waals surface area contributed by atoms with Crippen molar-refractivity contribution in [3.05, 3.63) is 29.0 Å². The average Bonchev–Trinajstić information content (AvgIpc) is 2.76. The van der Waals surface area contributed by atoms with Gasteiger partial charge in [-0.3, -0.25) is 9.88 Å². The third-order valence-corrected chi connectivity index (χ3v) is 4.82. The lowest BCUT2D eigenvalue weighted by molar-refractivity contribution is 0.259. The second-order valence-electron chi connectivity index (χ2n) is 5.68. The van der Waals surface area contributed by atoms with Gasteiger partial charge in [-0.1, -0.05) is 18.0 Å². The molecule has 3 rings (SSSR count). The summed E-state index contributed by atoms with van der Waals surface area (Å²) in [6, 6.07) is 2.42. The molecule has 2 aliphatic rings. The Bertz CT molecular complexity index is 430. The molecule has 0 amide bonds. The number of fused-ring (bicyclic) bond motifs is 1. The first-order chi connectivity index (χ1) is 8.74. The minimum atomic E-state index is 0. The molecular formula is C14H22Cl3N3. The predicted molar refractivity (Wildman–Crippen MR) is 87.8 cm³/mol. The van der Waals surface area contributed by atoms with Crippen LogP contribution in [0.1, 0.15) is 24.8 Å². The lowest BCUT2D eigenvalue weighted by Gasteiger charge is -2.29. The second kappa shape index (κ2) is 7.81.